The predicted molar refractivity (Wildman–Crippen MR) is 104 cm³/mol. The number of aromatic amines is 1. The van der Waals surface area contributed by atoms with Crippen LogP contribution in [0.15, 0.2) is 30.3 Å². The topological polar surface area (TPSA) is 107 Å². The molecule has 1 aliphatic rings. The maximum Gasteiger partial charge on any atom is 0.312 e. The van der Waals surface area contributed by atoms with Gasteiger partial charge < -0.3 is 15.1 Å². The Morgan fingerprint density at radius 1 is 1.29 bits per heavy atom. The second-order valence-electron chi connectivity index (χ2n) is 7.65. The third kappa shape index (κ3) is 3.94. The minimum absolute atomic E-state index is 0.0382. The summed E-state index contributed by atoms with van der Waals surface area (Å²) in [6.45, 7) is 4.27. The Labute approximate surface area is 164 Å². The van der Waals surface area contributed by atoms with E-state index in [2.05, 4.69) is 10.2 Å². The highest BCUT2D eigenvalue weighted by Gasteiger charge is 2.49. The molecule has 28 heavy (non-hydrogen) atoms. The second kappa shape index (κ2) is 8.14. The van der Waals surface area contributed by atoms with Crippen LogP contribution in [0.2, 0.25) is 0 Å². The van der Waals surface area contributed by atoms with Crippen molar-refractivity contribution in [1.82, 2.24) is 15.1 Å². The Kier molecular flexibility index (Phi) is 5.84. The van der Waals surface area contributed by atoms with Crippen molar-refractivity contribution in [2.45, 2.75) is 45.6 Å². The lowest BCUT2D eigenvalue weighted by Gasteiger charge is -2.43. The fraction of sp³-hybridized carbons (Fsp3) is 0.476. The van der Waals surface area contributed by atoms with Crippen molar-refractivity contribution >= 4 is 11.9 Å². The Balaban J connectivity index is 1.64. The molecule has 7 nitrogen and oxygen atoms in total. The van der Waals surface area contributed by atoms with Crippen molar-refractivity contribution in [2.75, 3.05) is 13.1 Å². The van der Waals surface area contributed by atoms with Crippen LogP contribution in [-0.2, 0) is 22.4 Å². The van der Waals surface area contributed by atoms with Gasteiger partial charge in [0.1, 0.15) is 5.41 Å². The summed E-state index contributed by atoms with van der Waals surface area (Å²) < 4.78 is 0. The number of piperidine rings is 1. The Hall–Kier alpha value is -2.67. The number of rotatable bonds is 6. The second-order valence-corrected chi connectivity index (χ2v) is 7.65. The van der Waals surface area contributed by atoms with E-state index in [9.17, 15) is 19.8 Å². The first kappa shape index (κ1) is 20.1. The number of aliphatic hydroxyl groups excluding tert-OH is 1. The van der Waals surface area contributed by atoms with Gasteiger partial charge in [0, 0.05) is 31.6 Å². The van der Waals surface area contributed by atoms with E-state index in [1.165, 1.54) is 0 Å². The van der Waals surface area contributed by atoms with Gasteiger partial charge in [-0.1, -0.05) is 30.3 Å². The Morgan fingerprint density at radius 2 is 2.00 bits per heavy atom. The van der Waals surface area contributed by atoms with Crippen LogP contribution in [0.1, 0.15) is 35.4 Å². The number of H-pyrrole nitrogens is 1. The van der Waals surface area contributed by atoms with Gasteiger partial charge in [0.25, 0.3) is 0 Å². The van der Waals surface area contributed by atoms with E-state index in [0.717, 1.165) is 22.5 Å². The Bertz CT molecular complexity index is 849. The van der Waals surface area contributed by atoms with Crippen molar-refractivity contribution in [3.05, 3.63) is 52.8 Å². The van der Waals surface area contributed by atoms with Crippen molar-refractivity contribution < 1.29 is 19.8 Å². The number of hydrogen-bond acceptors (Lipinski definition) is 4. The number of carboxylic acids is 1. The van der Waals surface area contributed by atoms with E-state index in [1.54, 1.807) is 4.90 Å². The molecule has 2 aromatic rings. The number of amides is 1. The molecular formula is C21H27N3O4. The molecule has 7 heteroatoms. The van der Waals surface area contributed by atoms with E-state index >= 15 is 0 Å². The minimum Gasteiger partial charge on any atom is -0.481 e. The van der Waals surface area contributed by atoms with E-state index in [4.69, 9.17) is 0 Å². The van der Waals surface area contributed by atoms with Gasteiger partial charge in [-0.05, 0) is 37.8 Å². The number of aryl methyl sites for hydroxylation is 2. The van der Waals surface area contributed by atoms with Crippen LogP contribution in [0.3, 0.4) is 0 Å². The molecule has 0 saturated carbocycles. The number of nitrogens with zero attached hydrogens (tertiary/aromatic N) is 2. The highest BCUT2D eigenvalue weighted by atomic mass is 16.4. The number of aromatic nitrogens is 2. The normalized spacial score (nSPS) is 22.2. The van der Waals surface area contributed by atoms with Crippen LogP contribution in [0.25, 0.3) is 0 Å². The summed E-state index contributed by atoms with van der Waals surface area (Å²) in [7, 11) is 0. The average Bonchev–Trinajstić information content (AvgIpc) is 3.00. The fourth-order valence-corrected chi connectivity index (χ4v) is 3.86. The zero-order chi connectivity index (χ0) is 20.3. The van der Waals surface area contributed by atoms with Crippen LogP contribution in [0.5, 0.6) is 0 Å². The highest BCUT2D eigenvalue weighted by molar-refractivity contribution is 5.79. The molecule has 0 aliphatic carbocycles. The quantitative estimate of drug-likeness (QED) is 0.704. The van der Waals surface area contributed by atoms with Gasteiger partial charge in [0.15, 0.2) is 0 Å². The molecule has 3 rings (SSSR count). The molecule has 1 aliphatic heterocycles. The van der Waals surface area contributed by atoms with Gasteiger partial charge >= 0.3 is 5.97 Å². The smallest absolute Gasteiger partial charge is 0.312 e. The number of carboxylic acid groups (broad SMARTS) is 1. The standard InChI is InChI=1S/C21H27N3O4/c1-14-15(2)22-23-17(14)8-9-19(26)24-11-10-21(20(27)28,18(25)13-24)12-16-6-4-3-5-7-16/h3-7,18,25H,8-13H2,1-2H3,(H,22,23)(H,27,28)/t18-,21-/m1/s1. The van der Waals surface area contributed by atoms with Gasteiger partial charge in [-0.2, -0.15) is 5.10 Å². The zero-order valence-electron chi connectivity index (χ0n) is 16.3. The summed E-state index contributed by atoms with van der Waals surface area (Å²) in [6.07, 6.45) is 0.173. The van der Waals surface area contributed by atoms with Gasteiger partial charge in [-0.3, -0.25) is 14.7 Å². The summed E-state index contributed by atoms with van der Waals surface area (Å²) in [5.41, 5.74) is 2.51. The number of aliphatic hydroxyl groups is 1. The first-order valence-corrected chi connectivity index (χ1v) is 9.57. The lowest BCUT2D eigenvalue weighted by molar-refractivity contribution is -0.166. The fourth-order valence-electron chi connectivity index (χ4n) is 3.86. The van der Waals surface area contributed by atoms with Crippen LogP contribution < -0.4 is 0 Å². The monoisotopic (exact) mass is 385 g/mol. The van der Waals surface area contributed by atoms with Crippen molar-refractivity contribution in [3.63, 3.8) is 0 Å². The maximum atomic E-state index is 12.6. The summed E-state index contributed by atoms with van der Waals surface area (Å²) in [6, 6.07) is 9.31. The molecule has 150 valence electrons. The van der Waals surface area contributed by atoms with E-state index in [0.29, 0.717) is 13.0 Å². The molecule has 2 atom stereocenters. The number of benzene rings is 1. The Morgan fingerprint density at radius 3 is 2.57 bits per heavy atom. The lowest BCUT2D eigenvalue weighted by atomic mass is 9.71. The first-order valence-electron chi connectivity index (χ1n) is 9.57. The van der Waals surface area contributed by atoms with Gasteiger partial charge in [0.2, 0.25) is 5.91 Å². The van der Waals surface area contributed by atoms with Gasteiger partial charge in [0.05, 0.1) is 11.8 Å². The largest absolute Gasteiger partial charge is 0.481 e. The molecule has 1 amide bonds. The third-order valence-electron chi connectivity index (χ3n) is 5.93. The molecule has 2 heterocycles. The molecule has 1 aromatic heterocycles. The number of aliphatic carboxylic acids is 1. The molecule has 0 radical (unpaired) electrons. The SMILES string of the molecule is Cc1[nH]nc(CCC(=O)N2CC[C@](Cc3ccccc3)(C(=O)O)[C@H](O)C2)c1C. The molecule has 0 unspecified atom stereocenters. The first-order chi connectivity index (χ1) is 13.3. The van der Waals surface area contributed by atoms with Crippen LogP contribution >= 0.6 is 0 Å². The van der Waals surface area contributed by atoms with E-state index in [1.807, 2.05) is 44.2 Å². The van der Waals surface area contributed by atoms with E-state index in [-0.39, 0.29) is 31.7 Å². The van der Waals surface area contributed by atoms with Crippen LogP contribution in [-0.4, -0.2) is 56.4 Å². The minimum atomic E-state index is -1.27. The molecule has 3 N–H and O–H groups in total. The van der Waals surface area contributed by atoms with E-state index < -0.39 is 17.5 Å². The average molecular weight is 385 g/mol. The molecule has 1 aromatic carbocycles. The summed E-state index contributed by atoms with van der Waals surface area (Å²) >= 11 is 0. The molecule has 1 fully saturated rings. The number of carbonyl (C=O) groups excluding carboxylic acids is 1. The van der Waals surface area contributed by atoms with Crippen LogP contribution in [0, 0.1) is 19.3 Å². The van der Waals surface area contributed by atoms with Crippen molar-refractivity contribution in [3.8, 4) is 0 Å². The summed E-state index contributed by atoms with van der Waals surface area (Å²) in [5, 5.41) is 27.7. The summed E-state index contributed by atoms with van der Waals surface area (Å²) in [5.74, 6) is -1.10. The molecule has 0 spiro atoms. The lowest BCUT2D eigenvalue weighted by Crippen LogP contribution is -2.57. The number of nitrogens with one attached hydrogen (secondary N) is 1. The number of β-amino-alcohol motifs (C(OH)–C–C–N with tert-alkyl or cyclic N) is 1. The molecule has 0 bridgehead atoms. The van der Waals surface area contributed by atoms with Crippen molar-refractivity contribution in [1.29, 1.82) is 0 Å². The van der Waals surface area contributed by atoms with Gasteiger partial charge in [-0.15, -0.1) is 0 Å². The van der Waals surface area contributed by atoms with Crippen LogP contribution in [0.4, 0.5) is 0 Å². The number of likely N-dealkylation sites (tertiary alicyclic amines) is 1. The predicted octanol–water partition coefficient (Wildman–Crippen LogP) is 1.87. The number of carbonyl (C=O) groups is 2. The highest BCUT2D eigenvalue weighted by Crippen LogP contribution is 2.36. The number of hydrogen-bond donors (Lipinski definition) is 3. The molecule has 1 saturated heterocycles. The van der Waals surface area contributed by atoms with Crippen molar-refractivity contribution in [2.24, 2.45) is 5.41 Å². The molecular weight excluding hydrogens is 358 g/mol. The zero-order valence-corrected chi connectivity index (χ0v) is 16.3. The third-order valence-corrected chi connectivity index (χ3v) is 5.93. The summed E-state index contributed by atoms with van der Waals surface area (Å²) in [4.78, 5) is 26.2. The van der Waals surface area contributed by atoms with Gasteiger partial charge in [-0.25, -0.2) is 0 Å². The maximum absolute atomic E-state index is 12.6.